The minimum atomic E-state index is -0.225. The quantitative estimate of drug-likeness (QED) is 0.393. The van der Waals surface area contributed by atoms with E-state index in [9.17, 15) is 4.79 Å². The molecule has 0 bridgehead atoms. The summed E-state index contributed by atoms with van der Waals surface area (Å²) in [6.07, 6.45) is 7.23. The lowest BCUT2D eigenvalue weighted by atomic mass is 9.49. The van der Waals surface area contributed by atoms with Crippen molar-refractivity contribution < 1.29 is 4.79 Å². The van der Waals surface area contributed by atoms with Crippen molar-refractivity contribution in [2.24, 2.45) is 0 Å². The predicted octanol–water partition coefficient (Wildman–Crippen LogP) is -0.640. The molecular weight excluding hydrogens is 437 g/mol. The number of fused-ring (bicyclic) bond motifs is 1. The van der Waals surface area contributed by atoms with Crippen LogP contribution in [0.3, 0.4) is 0 Å². The highest BCUT2D eigenvalue weighted by atomic mass is 16.1. The molecule has 1 aliphatic heterocycles. The van der Waals surface area contributed by atoms with Crippen molar-refractivity contribution in [2.45, 2.75) is 5.24 Å². The summed E-state index contributed by atoms with van der Waals surface area (Å²) in [5, 5.41) is 8.18. The Kier molecular flexibility index (Phi) is 6.06. The van der Waals surface area contributed by atoms with Crippen molar-refractivity contribution in [1.29, 1.82) is 0 Å². The Morgan fingerprint density at radius 2 is 1.83 bits per heavy atom. The third-order valence-electron chi connectivity index (χ3n) is 6.22. The number of amides is 1. The molecule has 5 heterocycles. The maximum Gasteiger partial charge on any atom is 0.257 e. The number of carbonyl (C=O) groups excluding carboxylic acids is 1. The molecule has 5 rings (SSSR count). The highest BCUT2D eigenvalue weighted by Crippen LogP contribution is 2.23. The fourth-order valence-electron chi connectivity index (χ4n) is 4.02. The number of hydrogen-bond acceptors (Lipinski definition) is 7. The highest BCUT2D eigenvalue weighted by molar-refractivity contribution is 6.56. The summed E-state index contributed by atoms with van der Waals surface area (Å²) >= 11 is 0. The third-order valence-corrected chi connectivity index (χ3v) is 6.22. The van der Waals surface area contributed by atoms with E-state index in [1.165, 1.54) is 0 Å². The monoisotopic (exact) mass is 464 g/mol. The van der Waals surface area contributed by atoms with Gasteiger partial charge >= 0.3 is 0 Å². The number of pyridine rings is 3. The van der Waals surface area contributed by atoms with Crippen LogP contribution in [-0.4, -0.2) is 92.3 Å². The van der Waals surface area contributed by atoms with Crippen LogP contribution in [0.15, 0.2) is 55.1 Å². The second kappa shape index (κ2) is 9.18. The van der Waals surface area contributed by atoms with Crippen LogP contribution in [0.5, 0.6) is 0 Å². The lowest BCUT2D eigenvalue weighted by molar-refractivity contribution is 0.102. The summed E-state index contributed by atoms with van der Waals surface area (Å²) in [7, 11) is 8.43. The van der Waals surface area contributed by atoms with Gasteiger partial charge in [-0.25, -0.2) is 15.0 Å². The molecule has 0 saturated carbocycles. The van der Waals surface area contributed by atoms with Crippen molar-refractivity contribution in [3.8, 4) is 11.3 Å². The van der Waals surface area contributed by atoms with Crippen LogP contribution in [0, 0.1) is 0 Å². The topological polar surface area (TPSA) is 92.1 Å². The third kappa shape index (κ3) is 5.07. The summed E-state index contributed by atoms with van der Waals surface area (Å²) in [6.45, 7) is 3.74. The summed E-state index contributed by atoms with van der Waals surface area (Å²) in [4.78, 5) is 31.2. The van der Waals surface area contributed by atoms with E-state index in [-0.39, 0.29) is 11.1 Å². The summed E-state index contributed by atoms with van der Waals surface area (Å²) in [5.41, 5.74) is 3.07. The SMILES string of the molecule is BC(B)(B)n1cc(-c2ccc3cnc(NC(=O)c4ccnc(N5CCN(C)CC5)c4)cc3n2)cn1. The molecule has 1 saturated heterocycles. The molecule has 12 heteroatoms. The molecule has 1 fully saturated rings. The van der Waals surface area contributed by atoms with Crippen molar-refractivity contribution in [3.63, 3.8) is 0 Å². The van der Waals surface area contributed by atoms with Crippen LogP contribution in [0.2, 0.25) is 0 Å². The van der Waals surface area contributed by atoms with Crippen molar-refractivity contribution in [3.05, 3.63) is 60.7 Å². The second-order valence-corrected chi connectivity index (χ2v) is 9.95. The molecule has 4 aromatic heterocycles. The molecule has 1 amide bonds. The van der Waals surface area contributed by atoms with Crippen LogP contribution in [0.1, 0.15) is 10.4 Å². The Morgan fingerprint density at radius 3 is 2.57 bits per heavy atom. The van der Waals surface area contributed by atoms with E-state index in [0.717, 1.165) is 54.2 Å². The first kappa shape index (κ1) is 23.1. The molecule has 9 nitrogen and oxygen atoms in total. The van der Waals surface area contributed by atoms with E-state index in [2.05, 4.69) is 60.8 Å². The molecular formula is C23H27B3N8O. The summed E-state index contributed by atoms with van der Waals surface area (Å²) in [6, 6.07) is 9.30. The van der Waals surface area contributed by atoms with E-state index in [1.54, 1.807) is 24.5 Å². The van der Waals surface area contributed by atoms with Gasteiger partial charge < -0.3 is 15.1 Å². The van der Waals surface area contributed by atoms with Crippen molar-refractivity contribution in [1.82, 2.24) is 29.6 Å². The van der Waals surface area contributed by atoms with Crippen LogP contribution in [0.4, 0.5) is 11.6 Å². The fourth-order valence-corrected chi connectivity index (χ4v) is 4.02. The Morgan fingerprint density at radius 1 is 1.03 bits per heavy atom. The Labute approximate surface area is 207 Å². The first-order chi connectivity index (χ1) is 16.8. The average molecular weight is 464 g/mol. The van der Waals surface area contributed by atoms with Gasteiger partial charge in [-0.2, -0.15) is 5.10 Å². The van der Waals surface area contributed by atoms with Gasteiger partial charge in [0.05, 0.1) is 17.4 Å². The maximum absolute atomic E-state index is 13.0. The van der Waals surface area contributed by atoms with Gasteiger partial charge in [0, 0.05) is 67.3 Å². The van der Waals surface area contributed by atoms with Crippen LogP contribution >= 0.6 is 0 Å². The zero-order valence-corrected chi connectivity index (χ0v) is 20.6. The number of carbonyl (C=O) groups is 1. The predicted molar refractivity (Wildman–Crippen MR) is 146 cm³/mol. The fraction of sp³-hybridized carbons (Fsp3) is 0.261. The summed E-state index contributed by atoms with van der Waals surface area (Å²) < 4.78 is 1.93. The molecule has 0 aliphatic carbocycles. The van der Waals surface area contributed by atoms with Gasteiger partial charge in [-0.1, -0.05) is 0 Å². The number of rotatable bonds is 5. The van der Waals surface area contributed by atoms with E-state index in [1.807, 2.05) is 35.3 Å². The van der Waals surface area contributed by atoms with Gasteiger partial charge in [-0.15, -0.1) is 0 Å². The van der Waals surface area contributed by atoms with Crippen LogP contribution < -0.4 is 10.2 Å². The zero-order valence-electron chi connectivity index (χ0n) is 20.6. The van der Waals surface area contributed by atoms with E-state index >= 15 is 0 Å². The maximum atomic E-state index is 13.0. The molecule has 174 valence electrons. The molecule has 35 heavy (non-hydrogen) atoms. The molecule has 1 aliphatic rings. The average Bonchev–Trinajstić information content (AvgIpc) is 3.35. The van der Waals surface area contributed by atoms with Gasteiger partial charge in [0.1, 0.15) is 35.2 Å². The molecule has 4 aromatic rings. The molecule has 0 atom stereocenters. The summed E-state index contributed by atoms with van der Waals surface area (Å²) in [5.74, 6) is 1.05. The van der Waals surface area contributed by atoms with Gasteiger partial charge in [-0.05, 0) is 36.6 Å². The number of aromatic nitrogens is 5. The minimum Gasteiger partial charge on any atom is -0.354 e. The number of piperazine rings is 1. The molecule has 0 radical (unpaired) electrons. The van der Waals surface area contributed by atoms with Crippen LogP contribution in [-0.2, 0) is 5.24 Å². The van der Waals surface area contributed by atoms with Gasteiger partial charge in [0.25, 0.3) is 5.91 Å². The first-order valence-corrected chi connectivity index (χ1v) is 11.8. The highest BCUT2D eigenvalue weighted by Gasteiger charge is 2.18. The number of likely N-dealkylation sites (N-methyl/N-ethyl adjacent to an activating group) is 1. The van der Waals surface area contributed by atoms with Crippen LogP contribution in [0.25, 0.3) is 22.2 Å². The number of anilines is 2. The van der Waals surface area contributed by atoms with E-state index in [4.69, 9.17) is 4.98 Å². The lowest BCUT2D eigenvalue weighted by Crippen LogP contribution is -2.44. The largest absolute Gasteiger partial charge is 0.354 e. The minimum absolute atomic E-state index is 0.104. The lowest BCUT2D eigenvalue weighted by Gasteiger charge is -2.33. The van der Waals surface area contributed by atoms with Gasteiger partial charge in [0.15, 0.2) is 0 Å². The second-order valence-electron chi connectivity index (χ2n) is 9.95. The number of hydrogen-bond donors (Lipinski definition) is 1. The smallest absolute Gasteiger partial charge is 0.257 e. The van der Waals surface area contributed by atoms with Gasteiger partial charge in [-0.3, -0.25) is 9.48 Å². The number of nitrogens with one attached hydrogen (secondary N) is 1. The van der Waals surface area contributed by atoms with Crippen molar-refractivity contribution in [2.75, 3.05) is 43.4 Å². The Balaban J connectivity index is 1.35. The normalized spacial score (nSPS) is 14.8. The molecule has 0 unspecified atom stereocenters. The van der Waals surface area contributed by atoms with E-state index < -0.39 is 0 Å². The van der Waals surface area contributed by atoms with Gasteiger partial charge in [0.2, 0.25) is 0 Å². The Bertz CT molecular complexity index is 1380. The standard InChI is InChI=1S/C23H27B3N8O/c1-32-6-8-33(9-7-32)21-10-15(4-5-27-21)22(35)31-20-11-19-16(12-28-20)2-3-18(30-19)17-13-29-34(14-17)23(24,25)26/h2-5,10-14H,6-9,24-26H2,1H3,(H,28,31,35). The first-order valence-electron chi connectivity index (χ1n) is 11.8. The Hall–Kier alpha value is -3.66. The molecule has 0 aromatic carbocycles. The molecule has 1 N–H and O–H groups in total. The zero-order chi connectivity index (χ0) is 24.6. The van der Waals surface area contributed by atoms with E-state index in [0.29, 0.717) is 11.4 Å². The number of nitrogens with zero attached hydrogens (tertiary/aromatic N) is 7. The van der Waals surface area contributed by atoms with Crippen molar-refractivity contribution >= 4 is 52.0 Å². The molecule has 0 spiro atoms.